The first-order chi connectivity index (χ1) is 35.2. The molecule has 0 aliphatic rings. The smallest absolute Gasteiger partial charge is 0.335 e. The number of carboxylic acids is 2. The van der Waals surface area contributed by atoms with Crippen LogP contribution in [0.2, 0.25) is 0 Å². The molecule has 0 aliphatic carbocycles. The second kappa shape index (κ2) is 36.8. The standard InChI is InChI=1S/C44H75N11O20/c1-4-5-6-7-8-9-10-15-34(62)53-35(36(63)44(72)73)42(69)49-28(17-19-33(46)61)39(66)52-30(22-56)40(67)48-27(16-18-32(45)60)38(65)47-26(13-11-20-54(74)24(2)58)37(64)51-31(23-57)41(68)50-29(43(70)71)14-12-21-55(75)25(3)59/h26-31,35-36,56-57,63,74-75H,4-23H2,1-3H3,(H2,45,60)(H2,46,61)(H,47,65)(H,48,67)(H,49,69)(H,50,68)(H,51,64)(H,52,66)(H,53,62)(H,70,71)(H,72,73)/t26-,27-,28-,29-,30-,31-,35-,36?/m0/s1. The van der Waals surface area contributed by atoms with Gasteiger partial charge >= 0.3 is 11.9 Å². The third-order valence-electron chi connectivity index (χ3n) is 11.1. The minimum atomic E-state index is -2.54. The Bertz CT molecular complexity index is 1960. The predicted molar refractivity (Wildman–Crippen MR) is 255 cm³/mol. The lowest BCUT2D eigenvalue weighted by Gasteiger charge is -2.27. The number of primary amides is 2. The molecular weight excluding hydrogens is 1000 g/mol. The van der Waals surface area contributed by atoms with Crippen molar-refractivity contribution < 1.29 is 98.3 Å². The molecule has 8 atom stereocenters. The molecule has 1 unspecified atom stereocenters. The van der Waals surface area contributed by atoms with Crippen LogP contribution in [-0.2, 0) is 62.3 Å². The number of unbranched alkanes of at least 4 members (excludes halogenated alkanes) is 6. The van der Waals surface area contributed by atoms with Gasteiger partial charge in [-0.1, -0.05) is 45.4 Å². The molecule has 0 fully saturated rings. The molecular formula is C44H75N11O20. The molecule has 0 spiro atoms. The van der Waals surface area contributed by atoms with Crippen molar-refractivity contribution in [2.75, 3.05) is 26.3 Å². The summed E-state index contributed by atoms with van der Waals surface area (Å²) in [4.78, 5) is 164. The highest BCUT2D eigenvalue weighted by Crippen LogP contribution is 2.11. The molecule has 11 amide bonds. The van der Waals surface area contributed by atoms with Gasteiger partial charge in [0.25, 0.3) is 0 Å². The van der Waals surface area contributed by atoms with E-state index in [9.17, 15) is 98.3 Å². The van der Waals surface area contributed by atoms with Crippen molar-refractivity contribution in [3.8, 4) is 0 Å². The number of carboxylic acid groups (broad SMARTS) is 2. The summed E-state index contributed by atoms with van der Waals surface area (Å²) in [6.07, 6.45) is -0.522. The van der Waals surface area contributed by atoms with E-state index in [4.69, 9.17) is 11.5 Å². The van der Waals surface area contributed by atoms with Crippen molar-refractivity contribution in [3.05, 3.63) is 0 Å². The van der Waals surface area contributed by atoms with Gasteiger partial charge in [-0.05, 0) is 44.9 Å². The van der Waals surface area contributed by atoms with Gasteiger partial charge in [-0.15, -0.1) is 0 Å². The second-order valence-corrected chi connectivity index (χ2v) is 17.3. The number of amides is 11. The monoisotopic (exact) mass is 1080 g/mol. The van der Waals surface area contributed by atoms with Gasteiger partial charge in [0.2, 0.25) is 65.0 Å². The van der Waals surface area contributed by atoms with Gasteiger partial charge in [-0.3, -0.25) is 63.2 Å². The van der Waals surface area contributed by atoms with Crippen molar-refractivity contribution in [3.63, 3.8) is 0 Å². The van der Waals surface area contributed by atoms with E-state index in [2.05, 4.69) is 37.2 Å². The van der Waals surface area contributed by atoms with E-state index < -0.39 is 177 Å². The average molecular weight is 1080 g/mol. The molecule has 426 valence electrons. The Balaban J connectivity index is 6.52. The van der Waals surface area contributed by atoms with Gasteiger partial charge in [0.05, 0.1) is 13.2 Å². The third kappa shape index (κ3) is 28.2. The lowest BCUT2D eigenvalue weighted by atomic mass is 10.0. The zero-order chi connectivity index (χ0) is 57.4. The summed E-state index contributed by atoms with van der Waals surface area (Å²) >= 11 is 0. The van der Waals surface area contributed by atoms with Gasteiger partial charge in [0.1, 0.15) is 42.3 Å². The molecule has 0 aromatic heterocycles. The largest absolute Gasteiger partial charge is 0.480 e. The molecule has 0 saturated heterocycles. The zero-order valence-corrected chi connectivity index (χ0v) is 42.2. The number of rotatable bonds is 40. The van der Waals surface area contributed by atoms with Crippen LogP contribution in [0.1, 0.15) is 124 Å². The molecule has 0 aromatic rings. The summed E-state index contributed by atoms with van der Waals surface area (Å²) in [5, 5.41) is 84.7. The Morgan fingerprint density at radius 3 is 1.16 bits per heavy atom. The van der Waals surface area contributed by atoms with Crippen LogP contribution in [0.5, 0.6) is 0 Å². The van der Waals surface area contributed by atoms with E-state index in [0.717, 1.165) is 46.0 Å². The molecule has 18 N–H and O–H groups in total. The fraction of sp³-hybridized carbons (Fsp3) is 0.705. The number of carbonyl (C=O) groups excluding carboxylic acids is 11. The van der Waals surface area contributed by atoms with Crippen LogP contribution in [0.15, 0.2) is 0 Å². The highest BCUT2D eigenvalue weighted by molar-refractivity contribution is 5.98. The Morgan fingerprint density at radius 2 is 0.787 bits per heavy atom. The third-order valence-corrected chi connectivity index (χ3v) is 11.1. The van der Waals surface area contributed by atoms with Crippen LogP contribution in [0, 0.1) is 0 Å². The maximum Gasteiger partial charge on any atom is 0.335 e. The number of aliphatic carboxylic acids is 2. The Hall–Kier alpha value is -7.09. The molecule has 31 heteroatoms. The molecule has 0 bridgehead atoms. The van der Waals surface area contributed by atoms with Crippen molar-refractivity contribution in [2.24, 2.45) is 11.5 Å². The number of hydrogen-bond acceptors (Lipinski definition) is 18. The fourth-order valence-electron chi connectivity index (χ4n) is 6.77. The van der Waals surface area contributed by atoms with Gasteiger partial charge in [0, 0.05) is 46.2 Å². The van der Waals surface area contributed by atoms with E-state index in [1.807, 2.05) is 6.92 Å². The van der Waals surface area contributed by atoms with Crippen LogP contribution in [-0.4, -0.2) is 198 Å². The molecule has 0 rings (SSSR count). The normalized spacial score (nSPS) is 14.1. The number of hydroxylamine groups is 4. The minimum absolute atomic E-state index is 0.127. The molecule has 0 aliphatic heterocycles. The summed E-state index contributed by atoms with van der Waals surface area (Å²) in [6, 6.07) is -13.2. The lowest BCUT2D eigenvalue weighted by Crippen LogP contribution is -2.62. The molecule has 0 radical (unpaired) electrons. The summed E-state index contributed by atoms with van der Waals surface area (Å²) in [6.45, 7) is 0.964. The Labute approximate surface area is 431 Å². The predicted octanol–water partition coefficient (Wildman–Crippen LogP) is -5.40. The summed E-state index contributed by atoms with van der Waals surface area (Å²) < 4.78 is 0. The van der Waals surface area contributed by atoms with Crippen molar-refractivity contribution in [1.82, 2.24) is 47.3 Å². The average Bonchev–Trinajstić information content (AvgIpc) is 3.34. The lowest BCUT2D eigenvalue weighted by molar-refractivity contribution is -0.163. The maximum atomic E-state index is 13.8. The Kier molecular flexibility index (Phi) is 33.3. The number of nitrogens with one attached hydrogen (secondary N) is 7. The SMILES string of the molecule is CCCCCCCCCC(=O)N[C@H](C(=O)N[C@@H](CCC(N)=O)C(=O)N[C@@H](CO)C(=O)N[C@@H](CCC(N)=O)C(=O)N[C@@H](CCCN(O)C(C)=O)C(=O)N[C@@H](CO)C(=O)N[C@@H](CCCN(O)C(C)=O)C(=O)O)C(O)C(=O)O. The quantitative estimate of drug-likeness (QED) is 0.0155. The highest BCUT2D eigenvalue weighted by atomic mass is 16.5. The highest BCUT2D eigenvalue weighted by Gasteiger charge is 2.37. The molecule has 0 heterocycles. The number of hydrogen-bond donors (Lipinski definition) is 16. The van der Waals surface area contributed by atoms with E-state index in [1.165, 1.54) is 0 Å². The number of nitrogens with zero attached hydrogens (tertiary/aromatic N) is 2. The molecule has 75 heavy (non-hydrogen) atoms. The molecule has 0 saturated carbocycles. The van der Waals surface area contributed by atoms with Gasteiger partial charge in [0.15, 0.2) is 6.10 Å². The maximum absolute atomic E-state index is 13.8. The van der Waals surface area contributed by atoms with Gasteiger partial charge in [-0.2, -0.15) is 0 Å². The first-order valence-electron chi connectivity index (χ1n) is 24.2. The number of carbonyl (C=O) groups is 13. The summed E-state index contributed by atoms with van der Waals surface area (Å²) in [7, 11) is 0. The van der Waals surface area contributed by atoms with E-state index in [0.29, 0.717) is 17.9 Å². The number of aliphatic hydroxyl groups excluding tert-OH is 3. The van der Waals surface area contributed by atoms with Crippen molar-refractivity contribution in [2.45, 2.75) is 172 Å². The van der Waals surface area contributed by atoms with E-state index in [-0.39, 0.29) is 37.3 Å². The minimum Gasteiger partial charge on any atom is -0.480 e. The van der Waals surface area contributed by atoms with Crippen molar-refractivity contribution in [1.29, 1.82) is 0 Å². The number of nitrogens with two attached hydrogens (primary N) is 2. The van der Waals surface area contributed by atoms with Crippen LogP contribution in [0.25, 0.3) is 0 Å². The zero-order valence-electron chi connectivity index (χ0n) is 42.2. The number of aliphatic hydroxyl groups is 3. The van der Waals surface area contributed by atoms with Crippen LogP contribution < -0.4 is 48.7 Å². The second-order valence-electron chi connectivity index (χ2n) is 17.3. The van der Waals surface area contributed by atoms with Gasteiger partial charge < -0.3 is 74.2 Å². The summed E-state index contributed by atoms with van der Waals surface area (Å²) in [5.41, 5.74) is 10.5. The van der Waals surface area contributed by atoms with E-state index in [1.54, 1.807) is 0 Å². The van der Waals surface area contributed by atoms with Crippen LogP contribution >= 0.6 is 0 Å². The van der Waals surface area contributed by atoms with Crippen LogP contribution in [0.4, 0.5) is 0 Å². The molecule has 0 aromatic carbocycles. The Morgan fingerprint density at radius 1 is 0.440 bits per heavy atom. The summed E-state index contributed by atoms with van der Waals surface area (Å²) in [5.74, 6) is -15.7. The van der Waals surface area contributed by atoms with E-state index >= 15 is 0 Å². The van der Waals surface area contributed by atoms with Crippen molar-refractivity contribution >= 4 is 76.9 Å². The first-order valence-corrected chi connectivity index (χ1v) is 24.2. The topological polar surface area (TPSA) is 506 Å². The van der Waals surface area contributed by atoms with Gasteiger partial charge in [-0.25, -0.2) is 19.7 Å². The van der Waals surface area contributed by atoms with Crippen LogP contribution in [0.3, 0.4) is 0 Å². The first kappa shape index (κ1) is 67.9. The molecule has 31 nitrogen and oxygen atoms in total. The fourth-order valence-corrected chi connectivity index (χ4v) is 6.77.